The number of aliphatic imine (C=N–C) groups is 1. The number of benzene rings is 2. The van der Waals surface area contributed by atoms with Crippen LogP contribution in [-0.4, -0.2) is 23.3 Å². The molecule has 0 bridgehead atoms. The van der Waals surface area contributed by atoms with Crippen LogP contribution in [0, 0.1) is 3.57 Å². The van der Waals surface area contributed by atoms with Gasteiger partial charge >= 0.3 is 0 Å². The standard InChI is InChI=1S/C17H12BrIN2O3S/c1-24-13-7-9(6-10(18)15(13)22)8-14-16(23)21-17(25-14)20-12-5-3-2-4-11(12)19/h2-8,22H,1H3,(H,20,21,23)/b14-8+. The fourth-order valence-corrected chi connectivity index (χ4v) is 3.92. The van der Waals surface area contributed by atoms with E-state index in [1.807, 2.05) is 24.3 Å². The number of carbonyl (C=O) groups is 1. The fraction of sp³-hybridized carbons (Fsp3) is 0.0588. The van der Waals surface area contributed by atoms with Gasteiger partial charge in [-0.15, -0.1) is 0 Å². The summed E-state index contributed by atoms with van der Waals surface area (Å²) >= 11 is 6.75. The number of para-hydroxylation sites is 1. The van der Waals surface area contributed by atoms with Gasteiger partial charge in [-0.25, -0.2) is 4.99 Å². The molecule has 1 amide bonds. The topological polar surface area (TPSA) is 70.9 Å². The Morgan fingerprint density at radius 1 is 1.36 bits per heavy atom. The number of phenols is 1. The number of hydrogen-bond donors (Lipinski definition) is 2. The number of amidine groups is 1. The van der Waals surface area contributed by atoms with Crippen molar-refractivity contribution >= 4 is 73.1 Å². The van der Waals surface area contributed by atoms with Crippen LogP contribution in [0.1, 0.15) is 5.56 Å². The molecule has 0 aliphatic carbocycles. The first-order chi connectivity index (χ1) is 12.0. The van der Waals surface area contributed by atoms with Crippen LogP contribution in [0.2, 0.25) is 0 Å². The normalized spacial score (nSPS) is 17.2. The van der Waals surface area contributed by atoms with Gasteiger partial charge in [0.05, 0.1) is 22.2 Å². The number of rotatable bonds is 3. The second-order valence-corrected chi connectivity index (χ2v) is 8.03. The molecule has 0 saturated carbocycles. The zero-order chi connectivity index (χ0) is 18.0. The Morgan fingerprint density at radius 3 is 2.84 bits per heavy atom. The van der Waals surface area contributed by atoms with Crippen LogP contribution >= 0.6 is 50.3 Å². The third-order valence-electron chi connectivity index (χ3n) is 3.29. The minimum atomic E-state index is -0.210. The molecule has 1 saturated heterocycles. The Balaban J connectivity index is 1.90. The molecule has 25 heavy (non-hydrogen) atoms. The van der Waals surface area contributed by atoms with Gasteiger partial charge in [-0.3, -0.25) is 4.79 Å². The van der Waals surface area contributed by atoms with Crippen LogP contribution in [0.25, 0.3) is 6.08 Å². The minimum absolute atomic E-state index is 0.0223. The summed E-state index contributed by atoms with van der Waals surface area (Å²) in [6, 6.07) is 11.1. The SMILES string of the molecule is COc1cc(/C=C2/SC(=Nc3ccccc3I)NC2=O)cc(Br)c1O. The quantitative estimate of drug-likeness (QED) is 0.447. The van der Waals surface area contributed by atoms with Gasteiger partial charge in [0, 0.05) is 3.57 Å². The fourth-order valence-electron chi connectivity index (χ4n) is 2.12. The second kappa shape index (κ2) is 7.79. The highest BCUT2D eigenvalue weighted by Crippen LogP contribution is 2.37. The van der Waals surface area contributed by atoms with E-state index in [2.05, 4.69) is 48.8 Å². The molecule has 2 N–H and O–H groups in total. The average molecular weight is 531 g/mol. The summed E-state index contributed by atoms with van der Waals surface area (Å²) in [4.78, 5) is 17.2. The molecule has 0 aromatic heterocycles. The van der Waals surface area contributed by atoms with E-state index >= 15 is 0 Å². The van der Waals surface area contributed by atoms with E-state index in [0.29, 0.717) is 20.3 Å². The van der Waals surface area contributed by atoms with Crippen molar-refractivity contribution in [2.45, 2.75) is 0 Å². The molecule has 0 radical (unpaired) electrons. The summed E-state index contributed by atoms with van der Waals surface area (Å²) in [7, 11) is 1.47. The largest absolute Gasteiger partial charge is 0.503 e. The van der Waals surface area contributed by atoms with Gasteiger partial charge in [0.15, 0.2) is 16.7 Å². The molecule has 2 aromatic carbocycles. The lowest BCUT2D eigenvalue weighted by Gasteiger charge is -2.06. The number of hydrogen-bond acceptors (Lipinski definition) is 5. The van der Waals surface area contributed by atoms with Crippen molar-refractivity contribution in [1.82, 2.24) is 5.32 Å². The lowest BCUT2D eigenvalue weighted by Crippen LogP contribution is -2.19. The van der Waals surface area contributed by atoms with Crippen molar-refractivity contribution in [1.29, 1.82) is 0 Å². The van der Waals surface area contributed by atoms with Crippen LogP contribution in [0.5, 0.6) is 11.5 Å². The molecule has 128 valence electrons. The number of amides is 1. The first-order valence-electron chi connectivity index (χ1n) is 7.08. The van der Waals surface area contributed by atoms with Crippen molar-refractivity contribution in [3.63, 3.8) is 0 Å². The highest BCUT2D eigenvalue weighted by atomic mass is 127. The number of nitrogens with one attached hydrogen (secondary N) is 1. The summed E-state index contributed by atoms with van der Waals surface area (Å²) in [5.74, 6) is 0.143. The van der Waals surface area contributed by atoms with Crippen LogP contribution in [0.15, 0.2) is 50.8 Å². The van der Waals surface area contributed by atoms with Crippen LogP contribution in [0.3, 0.4) is 0 Å². The Hall–Kier alpha value is -1.52. The molecular weight excluding hydrogens is 519 g/mol. The summed E-state index contributed by atoms with van der Waals surface area (Å²) < 4.78 is 6.63. The summed E-state index contributed by atoms with van der Waals surface area (Å²) in [6.45, 7) is 0. The van der Waals surface area contributed by atoms with Crippen LogP contribution in [0.4, 0.5) is 5.69 Å². The van der Waals surface area contributed by atoms with E-state index in [1.54, 1.807) is 18.2 Å². The van der Waals surface area contributed by atoms with Gasteiger partial charge in [0.1, 0.15) is 0 Å². The summed E-state index contributed by atoms with van der Waals surface area (Å²) in [5.41, 5.74) is 1.54. The Kier molecular flexibility index (Phi) is 5.70. The Labute approximate surface area is 170 Å². The van der Waals surface area contributed by atoms with E-state index in [-0.39, 0.29) is 11.7 Å². The van der Waals surface area contributed by atoms with E-state index in [4.69, 9.17) is 4.74 Å². The van der Waals surface area contributed by atoms with Gasteiger partial charge in [-0.1, -0.05) is 12.1 Å². The Morgan fingerprint density at radius 2 is 2.12 bits per heavy atom. The zero-order valence-electron chi connectivity index (χ0n) is 12.9. The lowest BCUT2D eigenvalue weighted by molar-refractivity contribution is -0.115. The van der Waals surface area contributed by atoms with Crippen molar-refractivity contribution in [2.75, 3.05) is 7.11 Å². The highest BCUT2D eigenvalue weighted by Gasteiger charge is 2.24. The molecule has 1 fully saturated rings. The van der Waals surface area contributed by atoms with Gasteiger partial charge in [0.25, 0.3) is 5.91 Å². The first-order valence-corrected chi connectivity index (χ1v) is 9.77. The predicted octanol–water partition coefficient (Wildman–Crippen LogP) is 4.66. The number of nitrogens with zero attached hydrogens (tertiary/aromatic N) is 1. The van der Waals surface area contributed by atoms with E-state index < -0.39 is 0 Å². The maximum Gasteiger partial charge on any atom is 0.264 e. The zero-order valence-corrected chi connectivity index (χ0v) is 17.5. The van der Waals surface area contributed by atoms with E-state index in [0.717, 1.165) is 14.8 Å². The molecule has 3 rings (SSSR count). The van der Waals surface area contributed by atoms with Gasteiger partial charge in [-0.2, -0.15) is 0 Å². The molecule has 1 aliphatic heterocycles. The smallest absolute Gasteiger partial charge is 0.264 e. The van der Waals surface area contributed by atoms with Crippen molar-refractivity contribution < 1.29 is 14.6 Å². The van der Waals surface area contributed by atoms with Crippen molar-refractivity contribution in [3.8, 4) is 11.5 Å². The molecule has 5 nitrogen and oxygen atoms in total. The summed E-state index contributed by atoms with van der Waals surface area (Å²) in [6.07, 6.45) is 1.73. The van der Waals surface area contributed by atoms with Crippen molar-refractivity contribution in [2.24, 2.45) is 4.99 Å². The van der Waals surface area contributed by atoms with E-state index in [1.165, 1.54) is 18.9 Å². The van der Waals surface area contributed by atoms with Crippen molar-refractivity contribution in [3.05, 3.63) is 54.9 Å². The van der Waals surface area contributed by atoms with Gasteiger partial charge in [0.2, 0.25) is 0 Å². The predicted molar refractivity (Wildman–Crippen MR) is 112 cm³/mol. The minimum Gasteiger partial charge on any atom is -0.503 e. The molecule has 0 atom stereocenters. The molecule has 8 heteroatoms. The molecule has 0 spiro atoms. The number of ether oxygens (including phenoxy) is 1. The summed E-state index contributed by atoms with van der Waals surface area (Å²) in [5, 5.41) is 13.2. The highest BCUT2D eigenvalue weighted by molar-refractivity contribution is 14.1. The number of thioether (sulfide) groups is 1. The van der Waals surface area contributed by atoms with Gasteiger partial charge < -0.3 is 15.2 Å². The molecule has 0 unspecified atom stereocenters. The Bertz CT molecular complexity index is 915. The number of aromatic hydroxyl groups is 1. The third kappa shape index (κ3) is 4.18. The molecular formula is C17H12BrIN2O3S. The first kappa shape index (κ1) is 18.3. The van der Waals surface area contributed by atoms with Gasteiger partial charge in [-0.05, 0) is 86.2 Å². The molecule has 1 aliphatic rings. The molecule has 1 heterocycles. The average Bonchev–Trinajstić information content (AvgIpc) is 2.92. The molecule has 2 aromatic rings. The number of methoxy groups -OCH3 is 1. The maximum absolute atomic E-state index is 12.2. The van der Waals surface area contributed by atoms with Crippen LogP contribution < -0.4 is 10.1 Å². The third-order valence-corrected chi connectivity index (χ3v) is 5.72. The maximum atomic E-state index is 12.2. The monoisotopic (exact) mass is 530 g/mol. The number of phenolic OH excluding ortho intramolecular Hbond substituents is 1. The number of halogens is 2. The lowest BCUT2D eigenvalue weighted by atomic mass is 10.2. The van der Waals surface area contributed by atoms with Crippen LogP contribution in [-0.2, 0) is 4.79 Å². The second-order valence-electron chi connectivity index (χ2n) is 4.99. The number of carbonyl (C=O) groups excluding carboxylic acids is 1. The van der Waals surface area contributed by atoms with E-state index in [9.17, 15) is 9.90 Å².